The molecule has 3 heteroatoms. The van der Waals surface area contributed by atoms with E-state index >= 15 is 0 Å². The van der Waals surface area contributed by atoms with Crippen molar-refractivity contribution < 1.29 is 14.2 Å². The zero-order chi connectivity index (χ0) is 10.8. The Bertz CT molecular complexity index is 358. The van der Waals surface area contributed by atoms with Gasteiger partial charge in [-0.05, 0) is 23.3 Å². The lowest BCUT2D eigenvalue weighted by Gasteiger charge is -2.16. The van der Waals surface area contributed by atoms with Gasteiger partial charge in [-0.15, -0.1) is 0 Å². The van der Waals surface area contributed by atoms with Crippen molar-refractivity contribution in [3.63, 3.8) is 0 Å². The highest BCUT2D eigenvalue weighted by Gasteiger charge is 2.31. The number of halogens is 1. The molecule has 0 aromatic heterocycles. The van der Waals surface area contributed by atoms with Gasteiger partial charge in [-0.2, -0.15) is 0 Å². The summed E-state index contributed by atoms with van der Waals surface area (Å²) in [6.07, 6.45) is -0.192. The fourth-order valence-corrected chi connectivity index (χ4v) is 1.84. The third-order valence-electron chi connectivity index (χ3n) is 2.73. The predicted molar refractivity (Wildman–Crippen MR) is 54.8 cm³/mol. The molecule has 1 aromatic rings. The highest BCUT2D eigenvalue weighted by Crippen LogP contribution is 2.36. The van der Waals surface area contributed by atoms with E-state index < -0.39 is 0 Å². The summed E-state index contributed by atoms with van der Waals surface area (Å²) in [6, 6.07) is 6.16. The smallest absolute Gasteiger partial charge is 0.123 e. The molecule has 0 saturated carbocycles. The van der Waals surface area contributed by atoms with Gasteiger partial charge in [-0.3, -0.25) is 0 Å². The summed E-state index contributed by atoms with van der Waals surface area (Å²) in [5.41, 5.74) is 1.78. The normalized spacial score (nSPS) is 25.9. The van der Waals surface area contributed by atoms with Gasteiger partial charge in [0.25, 0.3) is 0 Å². The summed E-state index contributed by atoms with van der Waals surface area (Å²) in [5.74, 6) is -0.341. The van der Waals surface area contributed by atoms with E-state index in [1.54, 1.807) is 12.1 Å². The molecule has 2 atom stereocenters. The molecule has 2 rings (SSSR count). The van der Waals surface area contributed by atoms with Crippen LogP contribution in [0.5, 0.6) is 0 Å². The third-order valence-corrected chi connectivity index (χ3v) is 2.73. The Balaban J connectivity index is 2.23. The van der Waals surface area contributed by atoms with Crippen molar-refractivity contribution in [1.29, 1.82) is 0 Å². The fourth-order valence-electron chi connectivity index (χ4n) is 1.84. The van der Waals surface area contributed by atoms with Gasteiger partial charge in [0.15, 0.2) is 0 Å². The zero-order valence-corrected chi connectivity index (χ0v) is 8.32. The van der Waals surface area contributed by atoms with Crippen LogP contribution in [0.4, 0.5) is 4.39 Å². The molecule has 0 unspecified atom stereocenters. The minimum Gasteiger partial charge on any atom is -0.396 e. The fraction of sp³-hybridized carbons (Fsp3) is 0.333. The van der Waals surface area contributed by atoms with Gasteiger partial charge >= 0.3 is 0 Å². The summed E-state index contributed by atoms with van der Waals surface area (Å²) < 4.78 is 18.2. The van der Waals surface area contributed by atoms with Crippen LogP contribution in [-0.4, -0.2) is 18.3 Å². The molecule has 1 aliphatic rings. The average molecular weight is 208 g/mol. The van der Waals surface area contributed by atoms with E-state index in [9.17, 15) is 9.50 Å². The lowest BCUT2D eigenvalue weighted by molar-refractivity contribution is 0.0721. The zero-order valence-electron chi connectivity index (χ0n) is 8.32. The van der Waals surface area contributed by atoms with E-state index in [0.717, 1.165) is 11.1 Å². The van der Waals surface area contributed by atoms with Gasteiger partial charge in [-0.25, -0.2) is 4.39 Å². The summed E-state index contributed by atoms with van der Waals surface area (Å²) in [6.45, 7) is 4.32. The third kappa shape index (κ3) is 1.94. The van der Waals surface area contributed by atoms with Crippen molar-refractivity contribution in [2.75, 3.05) is 13.2 Å². The summed E-state index contributed by atoms with van der Waals surface area (Å²) >= 11 is 0. The number of aliphatic hydroxyl groups is 1. The maximum Gasteiger partial charge on any atom is 0.123 e. The second-order valence-electron chi connectivity index (χ2n) is 3.73. The Morgan fingerprint density at radius 1 is 1.40 bits per heavy atom. The predicted octanol–water partition coefficient (Wildman–Crippen LogP) is 2.06. The van der Waals surface area contributed by atoms with Gasteiger partial charge in [0.05, 0.1) is 19.3 Å². The van der Waals surface area contributed by atoms with E-state index in [0.29, 0.717) is 6.61 Å². The number of hydrogen-bond acceptors (Lipinski definition) is 2. The van der Waals surface area contributed by atoms with Gasteiger partial charge in [-0.1, -0.05) is 18.7 Å². The molecule has 1 N–H and O–H groups in total. The van der Waals surface area contributed by atoms with Gasteiger partial charge in [0.2, 0.25) is 0 Å². The lowest BCUT2D eigenvalue weighted by atomic mass is 9.93. The van der Waals surface area contributed by atoms with Crippen LogP contribution < -0.4 is 0 Å². The Morgan fingerprint density at radius 3 is 2.67 bits per heavy atom. The first-order valence-corrected chi connectivity index (χ1v) is 4.88. The Labute approximate surface area is 88.0 Å². The van der Waals surface area contributed by atoms with Crippen LogP contribution in [0.2, 0.25) is 0 Å². The van der Waals surface area contributed by atoms with Gasteiger partial charge < -0.3 is 9.84 Å². The molecule has 0 spiro atoms. The van der Waals surface area contributed by atoms with E-state index in [1.807, 2.05) is 0 Å². The largest absolute Gasteiger partial charge is 0.396 e. The maximum atomic E-state index is 12.7. The Kier molecular flexibility index (Phi) is 2.84. The van der Waals surface area contributed by atoms with Crippen LogP contribution >= 0.6 is 0 Å². The number of rotatable bonds is 2. The first-order chi connectivity index (χ1) is 7.22. The number of hydrogen-bond donors (Lipinski definition) is 1. The van der Waals surface area contributed by atoms with Crippen molar-refractivity contribution in [3.8, 4) is 0 Å². The average Bonchev–Trinajstić information content (AvgIpc) is 2.61. The van der Waals surface area contributed by atoms with Crippen molar-refractivity contribution in [2.45, 2.75) is 6.10 Å². The van der Waals surface area contributed by atoms with Crippen molar-refractivity contribution in [1.82, 2.24) is 0 Å². The molecule has 1 aromatic carbocycles. The lowest BCUT2D eigenvalue weighted by Crippen LogP contribution is -2.12. The maximum absolute atomic E-state index is 12.7. The first-order valence-electron chi connectivity index (χ1n) is 4.88. The molecule has 2 nitrogen and oxygen atoms in total. The van der Waals surface area contributed by atoms with E-state index in [4.69, 9.17) is 4.74 Å². The summed E-state index contributed by atoms with van der Waals surface area (Å²) in [5, 5.41) is 9.21. The van der Waals surface area contributed by atoms with E-state index in [-0.39, 0.29) is 24.4 Å². The van der Waals surface area contributed by atoms with Gasteiger partial charge in [0, 0.05) is 5.92 Å². The van der Waals surface area contributed by atoms with Gasteiger partial charge in [0.1, 0.15) is 5.82 Å². The molecule has 80 valence electrons. The number of benzene rings is 1. The minimum atomic E-state index is -0.267. The molecule has 0 amide bonds. The quantitative estimate of drug-likeness (QED) is 0.754. The first kappa shape index (κ1) is 10.3. The van der Waals surface area contributed by atoms with Crippen LogP contribution in [0.3, 0.4) is 0 Å². The van der Waals surface area contributed by atoms with Crippen LogP contribution in [0.1, 0.15) is 11.7 Å². The topological polar surface area (TPSA) is 29.5 Å². The Morgan fingerprint density at radius 2 is 2.07 bits per heavy atom. The van der Waals surface area contributed by atoms with Crippen LogP contribution in [0.25, 0.3) is 0 Å². The molecule has 15 heavy (non-hydrogen) atoms. The van der Waals surface area contributed by atoms with E-state index in [2.05, 4.69) is 6.58 Å². The highest BCUT2D eigenvalue weighted by atomic mass is 19.1. The molecule has 1 saturated heterocycles. The molecular formula is C12H13FO2. The van der Waals surface area contributed by atoms with Crippen LogP contribution in [-0.2, 0) is 4.74 Å². The standard InChI is InChI=1S/C12H13FO2/c1-8-7-15-12(11(8)6-14)9-2-4-10(13)5-3-9/h2-5,11-12,14H,1,6-7H2/t11-,12+/m0/s1. The molecule has 1 fully saturated rings. The van der Waals surface area contributed by atoms with Crippen molar-refractivity contribution in [2.24, 2.45) is 5.92 Å². The molecule has 0 aliphatic carbocycles. The SMILES string of the molecule is C=C1CO[C@H](c2ccc(F)cc2)[C@H]1CO. The minimum absolute atomic E-state index is 0.0148. The Hall–Kier alpha value is -1.19. The van der Waals surface area contributed by atoms with Crippen LogP contribution in [0, 0.1) is 11.7 Å². The van der Waals surface area contributed by atoms with Crippen LogP contribution in [0.15, 0.2) is 36.4 Å². The molecule has 0 bridgehead atoms. The summed E-state index contributed by atoms with van der Waals surface area (Å²) in [7, 11) is 0. The van der Waals surface area contributed by atoms with Crippen molar-refractivity contribution in [3.05, 3.63) is 47.8 Å². The second kappa shape index (κ2) is 4.13. The monoisotopic (exact) mass is 208 g/mol. The van der Waals surface area contributed by atoms with Crippen molar-refractivity contribution >= 4 is 0 Å². The molecular weight excluding hydrogens is 195 g/mol. The molecule has 0 radical (unpaired) electrons. The van der Waals surface area contributed by atoms with E-state index in [1.165, 1.54) is 12.1 Å². The molecule has 1 aliphatic heterocycles. The summed E-state index contributed by atoms with van der Waals surface area (Å²) in [4.78, 5) is 0. The second-order valence-corrected chi connectivity index (χ2v) is 3.73. The highest BCUT2D eigenvalue weighted by molar-refractivity contribution is 5.24. The number of ether oxygens (including phenoxy) is 1. The number of aliphatic hydroxyl groups excluding tert-OH is 1. The molecule has 1 heterocycles.